The van der Waals surface area contributed by atoms with Crippen molar-refractivity contribution >= 4 is 12.2 Å². The molecule has 0 aliphatic carbocycles. The van der Waals surface area contributed by atoms with E-state index in [0.717, 1.165) is 6.42 Å². The van der Waals surface area contributed by atoms with Gasteiger partial charge in [-0.1, -0.05) is 0 Å². The maximum absolute atomic E-state index is 11.9. The van der Waals surface area contributed by atoms with E-state index in [0.29, 0.717) is 25.6 Å². The van der Waals surface area contributed by atoms with Gasteiger partial charge < -0.3 is 19.6 Å². The van der Waals surface area contributed by atoms with Crippen LogP contribution in [-0.2, 0) is 4.74 Å². The van der Waals surface area contributed by atoms with Crippen LogP contribution in [0.15, 0.2) is 0 Å². The first-order chi connectivity index (χ1) is 8.28. The van der Waals surface area contributed by atoms with Crippen molar-refractivity contribution in [2.24, 2.45) is 5.92 Å². The monoisotopic (exact) mass is 256 g/mol. The van der Waals surface area contributed by atoms with Crippen molar-refractivity contribution in [3.63, 3.8) is 0 Å². The van der Waals surface area contributed by atoms with Crippen LogP contribution in [0.2, 0.25) is 0 Å². The maximum atomic E-state index is 11.9. The minimum absolute atomic E-state index is 0.00954. The predicted molar refractivity (Wildman–Crippen MR) is 64.4 cm³/mol. The van der Waals surface area contributed by atoms with Gasteiger partial charge in [0.25, 0.3) is 0 Å². The number of rotatable bonds is 0. The van der Waals surface area contributed by atoms with Crippen LogP contribution in [0, 0.1) is 5.92 Å². The summed E-state index contributed by atoms with van der Waals surface area (Å²) in [6.45, 7) is 7.14. The van der Waals surface area contributed by atoms with Crippen molar-refractivity contribution < 1.29 is 19.4 Å². The Morgan fingerprint density at radius 2 is 1.94 bits per heavy atom. The second kappa shape index (κ2) is 4.33. The number of hydrogen-bond acceptors (Lipinski definition) is 3. The third kappa shape index (κ3) is 2.52. The standard InChI is InChI=1S/C12H20N2O4/c1-12(2,3)18-11(17)14-6-8-4-5-13(10(15)16)7-9(8)14/h8-9H,4-7H2,1-3H3,(H,15,16)/t8-,9-/m1/s1. The summed E-state index contributed by atoms with van der Waals surface area (Å²) >= 11 is 0. The third-order valence-corrected chi connectivity index (χ3v) is 3.45. The summed E-state index contributed by atoms with van der Waals surface area (Å²) in [5.74, 6) is 0.424. The lowest BCUT2D eigenvalue weighted by Gasteiger charge is -2.52. The molecule has 6 heteroatoms. The number of nitrogens with zero attached hydrogens (tertiary/aromatic N) is 2. The molecule has 2 saturated heterocycles. The molecule has 0 spiro atoms. The highest BCUT2D eigenvalue weighted by molar-refractivity contribution is 5.70. The Bertz CT molecular complexity index is 364. The second-order valence-electron chi connectivity index (χ2n) is 5.98. The Kier molecular flexibility index (Phi) is 3.12. The highest BCUT2D eigenvalue weighted by Crippen LogP contribution is 2.33. The summed E-state index contributed by atoms with van der Waals surface area (Å²) in [7, 11) is 0. The zero-order chi connectivity index (χ0) is 13.5. The molecule has 0 aromatic rings. The Hall–Kier alpha value is -1.46. The molecule has 2 amide bonds. The number of carbonyl (C=O) groups is 2. The molecule has 0 bridgehead atoms. The van der Waals surface area contributed by atoms with E-state index >= 15 is 0 Å². The van der Waals surface area contributed by atoms with Crippen LogP contribution in [-0.4, -0.2) is 58.4 Å². The van der Waals surface area contributed by atoms with Crippen molar-refractivity contribution in [2.45, 2.75) is 38.8 Å². The molecule has 0 unspecified atom stereocenters. The first kappa shape index (κ1) is 13.0. The number of ether oxygens (including phenoxy) is 1. The lowest BCUT2D eigenvalue weighted by atomic mass is 9.83. The lowest BCUT2D eigenvalue weighted by molar-refractivity contribution is -0.0553. The fraction of sp³-hybridized carbons (Fsp3) is 0.833. The van der Waals surface area contributed by atoms with Gasteiger partial charge in [0, 0.05) is 25.6 Å². The molecule has 6 nitrogen and oxygen atoms in total. The molecule has 2 atom stereocenters. The average molecular weight is 256 g/mol. The molecule has 102 valence electrons. The van der Waals surface area contributed by atoms with E-state index in [9.17, 15) is 9.59 Å². The van der Waals surface area contributed by atoms with Crippen LogP contribution in [0.4, 0.5) is 9.59 Å². The van der Waals surface area contributed by atoms with Gasteiger partial charge in [0.2, 0.25) is 0 Å². The molecule has 0 saturated carbocycles. The maximum Gasteiger partial charge on any atom is 0.410 e. The summed E-state index contributed by atoms with van der Waals surface area (Å²) in [4.78, 5) is 25.9. The van der Waals surface area contributed by atoms with E-state index in [1.165, 1.54) is 4.90 Å². The van der Waals surface area contributed by atoms with Crippen LogP contribution in [0.25, 0.3) is 0 Å². The van der Waals surface area contributed by atoms with E-state index in [1.807, 2.05) is 20.8 Å². The first-order valence-corrected chi connectivity index (χ1v) is 6.25. The highest BCUT2D eigenvalue weighted by atomic mass is 16.6. The van der Waals surface area contributed by atoms with E-state index in [1.54, 1.807) is 4.90 Å². The molecule has 1 N–H and O–H groups in total. The Labute approximate surface area is 106 Å². The number of amides is 2. The Balaban J connectivity index is 1.94. The van der Waals surface area contributed by atoms with Crippen LogP contribution in [0.5, 0.6) is 0 Å². The number of likely N-dealkylation sites (tertiary alicyclic amines) is 2. The van der Waals surface area contributed by atoms with Gasteiger partial charge in [-0.05, 0) is 27.2 Å². The summed E-state index contributed by atoms with van der Waals surface area (Å²) in [6.07, 6.45) is -0.420. The van der Waals surface area contributed by atoms with Gasteiger partial charge in [-0.3, -0.25) is 0 Å². The quantitative estimate of drug-likeness (QED) is 0.714. The van der Waals surface area contributed by atoms with Crippen LogP contribution < -0.4 is 0 Å². The van der Waals surface area contributed by atoms with Crippen LogP contribution in [0.3, 0.4) is 0 Å². The van der Waals surface area contributed by atoms with Crippen molar-refractivity contribution in [1.82, 2.24) is 9.80 Å². The number of carbonyl (C=O) groups excluding carboxylic acids is 1. The molecular formula is C12H20N2O4. The minimum atomic E-state index is -0.913. The van der Waals surface area contributed by atoms with E-state index in [-0.39, 0.29) is 12.1 Å². The second-order valence-corrected chi connectivity index (χ2v) is 5.98. The molecule has 0 aromatic heterocycles. The van der Waals surface area contributed by atoms with Gasteiger partial charge in [-0.15, -0.1) is 0 Å². The predicted octanol–water partition coefficient (Wildman–Crippen LogP) is 1.61. The number of carboxylic acid groups (broad SMARTS) is 1. The zero-order valence-corrected chi connectivity index (χ0v) is 11.0. The van der Waals surface area contributed by atoms with Gasteiger partial charge in [0.05, 0.1) is 6.04 Å². The smallest absolute Gasteiger partial charge is 0.410 e. The van der Waals surface area contributed by atoms with Gasteiger partial charge >= 0.3 is 12.2 Å². The molecule has 2 aliphatic heterocycles. The summed E-state index contributed by atoms with van der Waals surface area (Å²) in [5, 5.41) is 8.97. The molecular weight excluding hydrogens is 236 g/mol. The molecule has 0 aromatic carbocycles. The van der Waals surface area contributed by atoms with Crippen LogP contribution >= 0.6 is 0 Å². The molecule has 2 heterocycles. The molecule has 2 rings (SSSR count). The normalized spacial score (nSPS) is 27.3. The van der Waals surface area contributed by atoms with E-state index < -0.39 is 11.7 Å². The van der Waals surface area contributed by atoms with Crippen LogP contribution in [0.1, 0.15) is 27.2 Å². The molecule has 2 aliphatic rings. The summed E-state index contributed by atoms with van der Waals surface area (Å²) in [5.41, 5.74) is -0.511. The van der Waals surface area contributed by atoms with E-state index in [2.05, 4.69) is 0 Å². The minimum Gasteiger partial charge on any atom is -0.465 e. The average Bonchev–Trinajstić information content (AvgIpc) is 2.16. The third-order valence-electron chi connectivity index (χ3n) is 3.45. The lowest BCUT2D eigenvalue weighted by Crippen LogP contribution is -2.66. The van der Waals surface area contributed by atoms with Gasteiger partial charge in [-0.25, -0.2) is 9.59 Å². The zero-order valence-electron chi connectivity index (χ0n) is 11.0. The van der Waals surface area contributed by atoms with Gasteiger partial charge in [-0.2, -0.15) is 0 Å². The van der Waals surface area contributed by atoms with Crippen molar-refractivity contribution in [3.8, 4) is 0 Å². The number of fused-ring (bicyclic) bond motifs is 1. The fourth-order valence-electron chi connectivity index (χ4n) is 2.50. The fourth-order valence-corrected chi connectivity index (χ4v) is 2.50. The Morgan fingerprint density at radius 1 is 1.28 bits per heavy atom. The topological polar surface area (TPSA) is 70.1 Å². The van der Waals surface area contributed by atoms with E-state index in [4.69, 9.17) is 9.84 Å². The Morgan fingerprint density at radius 3 is 2.50 bits per heavy atom. The first-order valence-electron chi connectivity index (χ1n) is 6.25. The summed E-state index contributed by atoms with van der Waals surface area (Å²) in [6, 6.07) is -0.00954. The largest absolute Gasteiger partial charge is 0.465 e. The van der Waals surface area contributed by atoms with Gasteiger partial charge in [0.1, 0.15) is 5.60 Å². The van der Waals surface area contributed by atoms with Crippen molar-refractivity contribution in [1.29, 1.82) is 0 Å². The molecule has 18 heavy (non-hydrogen) atoms. The molecule has 2 fully saturated rings. The SMILES string of the molecule is CC(C)(C)OC(=O)N1C[C@H]2CCN(C(=O)O)C[C@H]21. The van der Waals surface area contributed by atoms with Crippen molar-refractivity contribution in [2.75, 3.05) is 19.6 Å². The van der Waals surface area contributed by atoms with Crippen molar-refractivity contribution in [3.05, 3.63) is 0 Å². The number of piperidine rings is 1. The van der Waals surface area contributed by atoms with Gasteiger partial charge in [0.15, 0.2) is 0 Å². The number of hydrogen-bond donors (Lipinski definition) is 1. The summed E-state index contributed by atoms with van der Waals surface area (Å²) < 4.78 is 5.31. The highest BCUT2D eigenvalue weighted by Gasteiger charge is 2.47. The molecule has 0 radical (unpaired) electrons.